The average molecular weight is 615 g/mol. The number of aryl methyl sites for hydroxylation is 1. The first-order chi connectivity index (χ1) is 20.4. The van der Waals surface area contributed by atoms with Crippen LogP contribution in [0.1, 0.15) is 50.3 Å². The number of benzene rings is 3. The molecule has 0 saturated carbocycles. The predicted molar refractivity (Wildman–Crippen MR) is 175 cm³/mol. The first kappa shape index (κ1) is 29.2. The molecule has 1 fully saturated rings. The lowest BCUT2D eigenvalue weighted by molar-refractivity contribution is 0.125. The lowest BCUT2D eigenvalue weighted by atomic mass is 9.74. The molecular formula is C33H35ClN6O2S. The van der Waals surface area contributed by atoms with E-state index >= 15 is 0 Å². The second-order valence-corrected chi connectivity index (χ2v) is 14.3. The van der Waals surface area contributed by atoms with E-state index in [-0.39, 0.29) is 16.6 Å². The first-order valence-electron chi connectivity index (χ1n) is 14.5. The number of likely N-dealkylation sites (tertiary alicyclic amines) is 1. The molecule has 8 nitrogen and oxygen atoms in total. The Morgan fingerprint density at radius 3 is 2.63 bits per heavy atom. The Bertz CT molecular complexity index is 1760. The Morgan fingerprint density at radius 1 is 1.14 bits per heavy atom. The molecule has 2 amide bonds. The molecule has 0 atom stereocenters. The van der Waals surface area contributed by atoms with Gasteiger partial charge in [-0.2, -0.15) is 5.26 Å². The van der Waals surface area contributed by atoms with Crippen LogP contribution in [0.5, 0.6) is 5.75 Å². The van der Waals surface area contributed by atoms with E-state index in [4.69, 9.17) is 11.6 Å². The largest absolute Gasteiger partial charge is 0.506 e. The Kier molecular flexibility index (Phi) is 7.49. The van der Waals surface area contributed by atoms with Gasteiger partial charge in [0.05, 0.1) is 38.9 Å². The minimum absolute atomic E-state index is 0.137. The molecule has 1 spiro atoms. The minimum Gasteiger partial charge on any atom is -0.506 e. The number of aromatic nitrogens is 1. The molecule has 3 aromatic carbocycles. The third-order valence-corrected chi connectivity index (χ3v) is 9.56. The summed E-state index contributed by atoms with van der Waals surface area (Å²) < 4.78 is 0.988. The van der Waals surface area contributed by atoms with E-state index in [0.29, 0.717) is 39.3 Å². The Hall–Kier alpha value is -3.84. The Balaban J connectivity index is 1.32. The van der Waals surface area contributed by atoms with E-state index in [1.807, 2.05) is 36.1 Å². The second-order valence-electron chi connectivity index (χ2n) is 12.9. The maximum absolute atomic E-state index is 13.3. The molecular weight excluding hydrogens is 580 g/mol. The number of fused-ring (bicyclic) bond motifs is 3. The molecule has 43 heavy (non-hydrogen) atoms. The highest BCUT2D eigenvalue weighted by Gasteiger charge is 2.48. The van der Waals surface area contributed by atoms with Crippen LogP contribution in [0, 0.1) is 23.7 Å². The summed E-state index contributed by atoms with van der Waals surface area (Å²) >= 11 is 8.29. The molecule has 3 heterocycles. The third-order valence-electron chi connectivity index (χ3n) is 8.31. The number of urea groups is 1. The summed E-state index contributed by atoms with van der Waals surface area (Å²) in [4.78, 5) is 22.4. The van der Waals surface area contributed by atoms with Crippen molar-refractivity contribution in [3.63, 3.8) is 0 Å². The van der Waals surface area contributed by atoms with Gasteiger partial charge in [0.1, 0.15) is 5.75 Å². The molecule has 0 bridgehead atoms. The number of anilines is 4. The molecule has 0 unspecified atom stereocenters. The van der Waals surface area contributed by atoms with Gasteiger partial charge in [0.15, 0.2) is 5.13 Å². The van der Waals surface area contributed by atoms with E-state index in [0.717, 1.165) is 53.8 Å². The molecule has 6 rings (SSSR count). The topological polar surface area (TPSA) is 105 Å². The number of rotatable bonds is 4. The number of phenolic OH excluding ortho intramolecular Hbond substituents is 1. The number of carbonyl (C=O) groups is 1. The predicted octanol–water partition coefficient (Wildman–Crippen LogP) is 8.01. The summed E-state index contributed by atoms with van der Waals surface area (Å²) in [6, 6.07) is 16.3. The van der Waals surface area contributed by atoms with Gasteiger partial charge >= 0.3 is 6.03 Å². The summed E-state index contributed by atoms with van der Waals surface area (Å²) in [5.41, 5.74) is 5.05. The Labute approximate surface area is 260 Å². The summed E-state index contributed by atoms with van der Waals surface area (Å²) in [5, 5.41) is 27.8. The van der Waals surface area contributed by atoms with Crippen LogP contribution in [0.3, 0.4) is 0 Å². The molecule has 1 aromatic heterocycles. The monoisotopic (exact) mass is 614 g/mol. The lowest BCUT2D eigenvalue weighted by Gasteiger charge is -2.42. The number of nitriles is 1. The fourth-order valence-electron chi connectivity index (χ4n) is 6.49. The average Bonchev–Trinajstić information content (AvgIpc) is 3.50. The number of thiazole rings is 1. The zero-order chi connectivity index (χ0) is 30.5. The minimum atomic E-state index is -0.466. The second kappa shape index (κ2) is 11.0. The first-order valence-corrected chi connectivity index (χ1v) is 15.7. The van der Waals surface area contributed by atoms with Crippen LogP contribution in [0.2, 0.25) is 5.02 Å². The highest BCUT2D eigenvalue weighted by atomic mass is 35.5. The van der Waals surface area contributed by atoms with E-state index in [1.165, 1.54) is 11.3 Å². The van der Waals surface area contributed by atoms with Crippen molar-refractivity contribution in [2.75, 3.05) is 41.7 Å². The number of hydrogen-bond donors (Lipinski definition) is 3. The van der Waals surface area contributed by atoms with Gasteiger partial charge in [-0.25, -0.2) is 9.78 Å². The maximum atomic E-state index is 13.3. The number of phenols is 1. The van der Waals surface area contributed by atoms with Gasteiger partial charge in [0.25, 0.3) is 0 Å². The molecule has 1 saturated heterocycles. The van der Waals surface area contributed by atoms with Gasteiger partial charge in [-0.05, 0) is 86.3 Å². The summed E-state index contributed by atoms with van der Waals surface area (Å²) in [7, 11) is 0. The fourth-order valence-corrected chi connectivity index (χ4v) is 7.81. The van der Waals surface area contributed by atoms with Crippen LogP contribution in [0.4, 0.5) is 27.0 Å². The molecule has 0 radical (unpaired) electrons. The van der Waals surface area contributed by atoms with E-state index in [9.17, 15) is 15.2 Å². The van der Waals surface area contributed by atoms with Gasteiger partial charge in [0, 0.05) is 29.1 Å². The number of piperidine rings is 1. The van der Waals surface area contributed by atoms with Crippen molar-refractivity contribution in [1.29, 1.82) is 5.26 Å². The maximum Gasteiger partial charge on any atom is 0.325 e. The molecule has 4 aromatic rings. The molecule has 222 valence electrons. The summed E-state index contributed by atoms with van der Waals surface area (Å²) in [6.07, 6.45) is 1.79. The van der Waals surface area contributed by atoms with Crippen molar-refractivity contribution in [3.05, 3.63) is 70.2 Å². The summed E-state index contributed by atoms with van der Waals surface area (Å²) in [5.74, 6) is 0.137. The van der Waals surface area contributed by atoms with Gasteiger partial charge in [-0.1, -0.05) is 49.8 Å². The molecule has 10 heteroatoms. The van der Waals surface area contributed by atoms with Gasteiger partial charge in [0.2, 0.25) is 0 Å². The normalized spacial score (nSPS) is 16.3. The van der Waals surface area contributed by atoms with E-state index in [1.54, 1.807) is 24.3 Å². The van der Waals surface area contributed by atoms with Crippen LogP contribution in [-0.4, -0.2) is 47.2 Å². The number of nitrogens with zero attached hydrogens (tertiary/aromatic N) is 4. The smallest absolute Gasteiger partial charge is 0.325 e. The quantitative estimate of drug-likeness (QED) is 0.215. The molecule has 0 aliphatic carbocycles. The van der Waals surface area contributed by atoms with Crippen molar-refractivity contribution in [2.24, 2.45) is 5.41 Å². The van der Waals surface area contributed by atoms with Crippen molar-refractivity contribution in [1.82, 2.24) is 9.88 Å². The van der Waals surface area contributed by atoms with Crippen LogP contribution in [0.15, 0.2) is 48.5 Å². The van der Waals surface area contributed by atoms with Crippen molar-refractivity contribution >= 4 is 61.4 Å². The number of carbonyl (C=O) groups excluding carboxylic acids is 1. The zero-order valence-corrected chi connectivity index (χ0v) is 26.4. The SMILES string of the molecule is Cc1ccc2nc(NC(=O)Nc3cc(C#N)ccc3N3CC4(CCN(CC(C)(C)C)CC4)c4c(Cl)ccc(O)c43)sc2c1. The standard InChI is InChI=1S/C33H35ClN6O2S/c1-20-5-8-23-27(15-20)43-31(37-23)38-30(42)36-24-16-21(17-35)6-9-25(24)40-19-33(28-22(34)7-10-26(41)29(28)40)11-13-39(14-12-33)18-32(2,3)4/h5-10,15-16,41H,11-14,18-19H2,1-4H3,(H2,36,37,38,42). The Morgan fingerprint density at radius 2 is 1.91 bits per heavy atom. The van der Waals surface area contributed by atoms with E-state index in [2.05, 4.69) is 47.4 Å². The van der Waals surface area contributed by atoms with Gasteiger partial charge in [-0.3, -0.25) is 5.32 Å². The molecule has 2 aliphatic rings. The number of halogens is 1. The van der Waals surface area contributed by atoms with Crippen LogP contribution in [-0.2, 0) is 5.41 Å². The van der Waals surface area contributed by atoms with Crippen LogP contribution in [0.25, 0.3) is 10.2 Å². The van der Waals surface area contributed by atoms with Crippen LogP contribution >= 0.6 is 22.9 Å². The van der Waals surface area contributed by atoms with Gasteiger partial charge in [-0.15, -0.1) is 0 Å². The number of nitrogens with one attached hydrogen (secondary N) is 2. The summed E-state index contributed by atoms with van der Waals surface area (Å²) in [6.45, 7) is 12.3. The molecule has 2 aliphatic heterocycles. The zero-order valence-electron chi connectivity index (χ0n) is 24.8. The highest BCUT2D eigenvalue weighted by Crippen LogP contribution is 2.56. The van der Waals surface area contributed by atoms with Crippen LogP contribution < -0.4 is 15.5 Å². The highest BCUT2D eigenvalue weighted by molar-refractivity contribution is 7.22. The number of aromatic hydroxyl groups is 1. The third kappa shape index (κ3) is 5.75. The van der Waals surface area contributed by atoms with Crippen molar-refractivity contribution in [3.8, 4) is 11.8 Å². The van der Waals surface area contributed by atoms with E-state index < -0.39 is 6.03 Å². The van der Waals surface area contributed by atoms with Crippen molar-refractivity contribution in [2.45, 2.75) is 46.0 Å². The van der Waals surface area contributed by atoms with Crippen molar-refractivity contribution < 1.29 is 9.90 Å². The number of amides is 2. The fraction of sp³-hybridized carbons (Fsp3) is 0.364. The molecule has 3 N–H and O–H groups in total. The lowest BCUT2D eigenvalue weighted by Crippen LogP contribution is -2.47. The number of hydrogen-bond acceptors (Lipinski definition) is 7. The van der Waals surface area contributed by atoms with Gasteiger partial charge < -0.3 is 20.2 Å².